The zero-order chi connectivity index (χ0) is 30.3. The van der Waals surface area contributed by atoms with Gasteiger partial charge in [0.1, 0.15) is 12.6 Å². The lowest BCUT2D eigenvalue weighted by atomic mass is 9.94. The zero-order valence-corrected chi connectivity index (χ0v) is 26.3. The Labute approximate surface area is 258 Å². The molecule has 0 aromatic heterocycles. The molecule has 0 unspecified atom stereocenters. The van der Waals surface area contributed by atoms with Gasteiger partial charge in [-0.3, -0.25) is 13.9 Å². The van der Waals surface area contributed by atoms with E-state index in [1.807, 2.05) is 43.3 Å². The van der Waals surface area contributed by atoms with E-state index in [1.165, 1.54) is 4.90 Å². The molecule has 0 heterocycles. The quantitative estimate of drug-likeness (QED) is 0.275. The zero-order valence-electron chi connectivity index (χ0n) is 23.9. The number of aryl methyl sites for hydroxylation is 1. The molecular formula is C32H37Cl2N3O4S. The van der Waals surface area contributed by atoms with Crippen molar-refractivity contribution < 1.29 is 18.0 Å². The molecule has 1 saturated carbocycles. The number of sulfonamides is 1. The molecule has 42 heavy (non-hydrogen) atoms. The predicted molar refractivity (Wildman–Crippen MR) is 169 cm³/mol. The van der Waals surface area contributed by atoms with Crippen molar-refractivity contribution in [3.8, 4) is 0 Å². The van der Waals surface area contributed by atoms with E-state index in [4.69, 9.17) is 23.2 Å². The van der Waals surface area contributed by atoms with Crippen LogP contribution < -0.4 is 9.62 Å². The Morgan fingerprint density at radius 1 is 0.952 bits per heavy atom. The third-order valence-corrected chi connectivity index (χ3v) is 9.27. The van der Waals surface area contributed by atoms with Gasteiger partial charge in [-0.25, -0.2) is 8.42 Å². The molecule has 0 saturated heterocycles. The lowest BCUT2D eigenvalue weighted by Crippen LogP contribution is -2.55. The first-order valence-corrected chi connectivity index (χ1v) is 16.7. The summed E-state index contributed by atoms with van der Waals surface area (Å²) in [5.41, 5.74) is 2.70. The van der Waals surface area contributed by atoms with Gasteiger partial charge in [-0.1, -0.05) is 91.0 Å². The smallest absolute Gasteiger partial charge is 0.244 e. The molecule has 1 N–H and O–H groups in total. The Bertz CT molecular complexity index is 1490. The molecule has 10 heteroatoms. The lowest BCUT2D eigenvalue weighted by molar-refractivity contribution is -0.140. The number of rotatable bonds is 11. The highest BCUT2D eigenvalue weighted by Gasteiger charge is 2.34. The van der Waals surface area contributed by atoms with Crippen molar-refractivity contribution in [1.29, 1.82) is 0 Å². The van der Waals surface area contributed by atoms with Crippen LogP contribution in [0.1, 0.15) is 48.8 Å². The number of halogens is 2. The van der Waals surface area contributed by atoms with Crippen LogP contribution in [-0.2, 0) is 32.6 Å². The number of nitrogens with zero attached hydrogens (tertiary/aromatic N) is 2. The molecule has 1 atom stereocenters. The summed E-state index contributed by atoms with van der Waals surface area (Å²) in [7, 11) is -3.84. The molecule has 1 aliphatic rings. The molecule has 0 aliphatic heterocycles. The summed E-state index contributed by atoms with van der Waals surface area (Å²) in [6, 6.07) is 20.6. The second kappa shape index (κ2) is 14.4. The van der Waals surface area contributed by atoms with Crippen LogP contribution in [-0.4, -0.2) is 50.0 Å². The van der Waals surface area contributed by atoms with Crippen molar-refractivity contribution >= 4 is 50.7 Å². The van der Waals surface area contributed by atoms with Crippen LogP contribution in [0.25, 0.3) is 0 Å². The highest BCUT2D eigenvalue weighted by Crippen LogP contribution is 2.26. The largest absolute Gasteiger partial charge is 0.352 e. The fourth-order valence-electron chi connectivity index (χ4n) is 5.33. The standard InChI is InChI=1S/C32H37Cl2N3O4S/c1-23-10-9-15-28(18-23)37(42(2,40)41)22-31(38)36(21-25-16-17-26(33)20-29(25)34)30(19-24-11-5-3-6-12-24)32(39)35-27-13-7-4-8-14-27/h3,5-6,9-12,15-18,20,27,30H,4,7-8,13-14,19,21-22H2,1-2H3,(H,35,39)/t30-/m0/s1. The van der Waals surface area contributed by atoms with Gasteiger partial charge in [0.25, 0.3) is 0 Å². The Hall–Kier alpha value is -3.07. The number of hydrogen-bond donors (Lipinski definition) is 1. The summed E-state index contributed by atoms with van der Waals surface area (Å²) in [5.74, 6) is -0.793. The number of nitrogens with one attached hydrogen (secondary N) is 1. The number of benzene rings is 3. The van der Waals surface area contributed by atoms with Crippen molar-refractivity contribution in [2.45, 2.75) is 64.1 Å². The molecule has 1 fully saturated rings. The summed E-state index contributed by atoms with van der Waals surface area (Å²) in [6.07, 6.45) is 6.31. The van der Waals surface area contributed by atoms with Crippen LogP contribution in [0, 0.1) is 6.92 Å². The predicted octanol–water partition coefficient (Wildman–Crippen LogP) is 6.16. The SMILES string of the molecule is Cc1cccc(N(CC(=O)N(Cc2ccc(Cl)cc2Cl)[C@@H](Cc2ccccc2)C(=O)NC2CCCCC2)S(C)(=O)=O)c1. The molecule has 0 radical (unpaired) electrons. The number of anilines is 1. The third-order valence-electron chi connectivity index (χ3n) is 7.55. The maximum absolute atomic E-state index is 14.2. The minimum absolute atomic E-state index is 0.00413. The maximum atomic E-state index is 14.2. The first-order valence-electron chi connectivity index (χ1n) is 14.1. The van der Waals surface area contributed by atoms with Gasteiger partial charge < -0.3 is 10.2 Å². The number of amides is 2. The molecule has 2 amide bonds. The highest BCUT2D eigenvalue weighted by atomic mass is 35.5. The van der Waals surface area contributed by atoms with Gasteiger partial charge in [0.05, 0.1) is 11.9 Å². The first-order chi connectivity index (χ1) is 20.0. The van der Waals surface area contributed by atoms with Gasteiger partial charge in [0.15, 0.2) is 0 Å². The fraction of sp³-hybridized carbons (Fsp3) is 0.375. The van der Waals surface area contributed by atoms with Crippen LogP contribution in [0.4, 0.5) is 5.69 Å². The molecular weight excluding hydrogens is 593 g/mol. The van der Waals surface area contributed by atoms with Crippen LogP contribution >= 0.6 is 23.2 Å². The second-order valence-corrected chi connectivity index (χ2v) is 13.7. The van der Waals surface area contributed by atoms with E-state index in [0.29, 0.717) is 21.3 Å². The summed E-state index contributed by atoms with van der Waals surface area (Å²) >= 11 is 12.7. The summed E-state index contributed by atoms with van der Waals surface area (Å²) in [4.78, 5) is 29.7. The van der Waals surface area contributed by atoms with Crippen LogP contribution in [0.2, 0.25) is 10.0 Å². The van der Waals surface area contributed by atoms with Crippen molar-refractivity contribution in [3.05, 3.63) is 99.5 Å². The van der Waals surface area contributed by atoms with E-state index in [-0.39, 0.29) is 24.9 Å². The fourth-order valence-corrected chi connectivity index (χ4v) is 6.64. The Morgan fingerprint density at radius 3 is 2.31 bits per heavy atom. The van der Waals surface area contributed by atoms with Gasteiger partial charge in [0, 0.05) is 29.1 Å². The van der Waals surface area contributed by atoms with E-state index in [0.717, 1.165) is 53.8 Å². The first kappa shape index (κ1) is 31.9. The highest BCUT2D eigenvalue weighted by molar-refractivity contribution is 7.92. The normalized spacial score (nSPS) is 14.7. The van der Waals surface area contributed by atoms with E-state index in [2.05, 4.69) is 5.32 Å². The topological polar surface area (TPSA) is 86.8 Å². The van der Waals surface area contributed by atoms with Gasteiger partial charge >= 0.3 is 0 Å². The number of carbonyl (C=O) groups is 2. The maximum Gasteiger partial charge on any atom is 0.244 e. The molecule has 0 bridgehead atoms. The summed E-state index contributed by atoms with van der Waals surface area (Å²) in [6.45, 7) is 1.37. The minimum atomic E-state index is -3.84. The van der Waals surface area contributed by atoms with Crippen LogP contribution in [0.5, 0.6) is 0 Å². The van der Waals surface area contributed by atoms with Crippen molar-refractivity contribution in [3.63, 3.8) is 0 Å². The molecule has 4 rings (SSSR count). The summed E-state index contributed by atoms with van der Waals surface area (Å²) < 4.78 is 27.0. The van der Waals surface area contributed by atoms with Gasteiger partial charge in [0.2, 0.25) is 21.8 Å². The summed E-state index contributed by atoms with van der Waals surface area (Å²) in [5, 5.41) is 3.98. The van der Waals surface area contributed by atoms with E-state index in [9.17, 15) is 18.0 Å². The Balaban J connectivity index is 1.74. The van der Waals surface area contributed by atoms with E-state index >= 15 is 0 Å². The van der Waals surface area contributed by atoms with Crippen molar-refractivity contribution in [2.75, 3.05) is 17.1 Å². The van der Waals surface area contributed by atoms with Crippen LogP contribution in [0.15, 0.2) is 72.8 Å². The molecule has 7 nitrogen and oxygen atoms in total. The minimum Gasteiger partial charge on any atom is -0.352 e. The number of carbonyl (C=O) groups excluding carboxylic acids is 2. The van der Waals surface area contributed by atoms with E-state index in [1.54, 1.807) is 36.4 Å². The molecule has 3 aromatic rings. The van der Waals surface area contributed by atoms with Gasteiger partial charge in [-0.05, 0) is 60.7 Å². The number of hydrogen-bond acceptors (Lipinski definition) is 4. The van der Waals surface area contributed by atoms with E-state index < -0.39 is 28.5 Å². The average molecular weight is 631 g/mol. The van der Waals surface area contributed by atoms with Crippen LogP contribution in [0.3, 0.4) is 0 Å². The Morgan fingerprint density at radius 2 is 1.67 bits per heavy atom. The molecule has 3 aromatic carbocycles. The average Bonchev–Trinajstić information content (AvgIpc) is 2.95. The monoisotopic (exact) mass is 629 g/mol. The Kier molecular flexibility index (Phi) is 10.9. The molecule has 0 spiro atoms. The van der Waals surface area contributed by atoms with Gasteiger partial charge in [-0.2, -0.15) is 0 Å². The lowest BCUT2D eigenvalue weighted by Gasteiger charge is -2.35. The second-order valence-electron chi connectivity index (χ2n) is 10.9. The van der Waals surface area contributed by atoms with Gasteiger partial charge in [-0.15, -0.1) is 0 Å². The van der Waals surface area contributed by atoms with Crippen molar-refractivity contribution in [2.24, 2.45) is 0 Å². The molecule has 1 aliphatic carbocycles. The third kappa shape index (κ3) is 8.72. The molecule has 224 valence electrons. The van der Waals surface area contributed by atoms with Crippen molar-refractivity contribution in [1.82, 2.24) is 10.2 Å².